The third-order valence-electron chi connectivity index (χ3n) is 23.5. The molecule has 8 amide bonds. The summed E-state index contributed by atoms with van der Waals surface area (Å²) in [5, 5.41) is 1.48. The van der Waals surface area contributed by atoms with E-state index in [1.165, 1.54) is 60.2 Å². The molecular weight excluding hydrogens is 1910 g/mol. The molecule has 0 saturated carbocycles. The fraction of sp³-hybridized carbons (Fsp3) is 0.422. The number of ether oxygens (including phenoxy) is 2. The van der Waals surface area contributed by atoms with Crippen LogP contribution in [-0.2, 0) is 85.8 Å². The number of amides is 8. The molecule has 6 aromatic heterocycles. The topological polar surface area (TPSA) is 269 Å². The Kier molecular flexibility index (Phi) is 29.4. The summed E-state index contributed by atoms with van der Waals surface area (Å²) in [6.45, 7) is 20.1. The minimum absolute atomic E-state index is 0.0736. The summed E-state index contributed by atoms with van der Waals surface area (Å²) in [7, 11) is 1.20. The Morgan fingerprint density at radius 3 is 1.27 bits per heavy atom. The summed E-state index contributed by atoms with van der Waals surface area (Å²) in [4.78, 5) is 151. The molecule has 19 rings (SSSR count). The van der Waals surface area contributed by atoms with Crippen LogP contribution >= 0.6 is 98.5 Å². The van der Waals surface area contributed by atoms with Crippen molar-refractivity contribution in [2.24, 2.45) is 0 Å². The number of likely N-dealkylation sites (tertiary alicyclic amines) is 4. The zero-order chi connectivity index (χ0) is 87.9. The second kappa shape index (κ2) is 40.1. The number of methoxy groups -OCH3 is 1. The summed E-state index contributed by atoms with van der Waals surface area (Å²) in [5.74, 6) is -1.88. The fourth-order valence-corrected chi connectivity index (χ4v) is 20.0. The lowest BCUT2D eigenvalue weighted by molar-refractivity contribution is -0.135. The van der Waals surface area contributed by atoms with Crippen molar-refractivity contribution in [1.29, 1.82) is 0 Å². The van der Waals surface area contributed by atoms with E-state index in [1.807, 2.05) is 108 Å². The number of pyridine rings is 1. The van der Waals surface area contributed by atoms with Gasteiger partial charge < -0.3 is 66.9 Å². The van der Waals surface area contributed by atoms with E-state index in [0.29, 0.717) is 86.7 Å². The molecule has 124 heavy (non-hydrogen) atoms. The number of esters is 1. The van der Waals surface area contributed by atoms with Crippen LogP contribution in [0.5, 0.6) is 0 Å². The molecule has 1 aliphatic carbocycles. The summed E-state index contributed by atoms with van der Waals surface area (Å²) < 4.78 is 24.4. The number of ketones is 3. The highest BCUT2D eigenvalue weighted by molar-refractivity contribution is 9.11. The standard InChI is InChI=1S/C29H26BrN5O3.C20H22BrN3O4.C17H20BrN3O.C16H19BrN2O2.C6H10ClNO.C2Cl2O2/c30-19-12-18-16-34(29(38)32-7-3-1-4-8-32)11-10-33-17-21(20(13-19)28(18)33)26-23(36)14-24(37)27(26)22-15-31-25-6-2-5-9-35(22)25;1-28-19(26)18(25)16-12-23-7-8-24(20(27)22-5-3-2-4-6-22)11-13-9-14(21)10-15(16)17(13)23;18-15-10-13-4-7-19-8-9-21(12-14(11-15)16(13)19)17(22)20-5-2-1-3-6-20;1-16(2,3)21-15(20)19-7-6-18-5-4-11-8-13(17)9-12(10-19)14(11)18;7-6(9)8-4-2-1-3-5-8;3-1(5)2(4)6/h2,5-6,9,12-13,15,17H,1,3-4,7-8,10-11,14,16H2;9-10,12H,2-8,11H2,1H3;4,7,10-11H,1-3,5-6,8-9,12H2;4-5,8-9H,6-7,10H2,1-3H3;1-5H2;. The van der Waals surface area contributed by atoms with E-state index < -0.39 is 27.8 Å². The highest BCUT2D eigenvalue weighted by atomic mass is 79.9. The molecule has 4 fully saturated rings. The van der Waals surface area contributed by atoms with E-state index in [4.69, 9.17) is 16.3 Å². The Bertz CT molecular complexity index is 5850. The largest absolute Gasteiger partial charge is 0.463 e. The lowest BCUT2D eigenvalue weighted by Gasteiger charge is -2.32. The molecule has 0 bridgehead atoms. The molecule has 34 heteroatoms. The number of rotatable bonds is 5. The van der Waals surface area contributed by atoms with Crippen LogP contribution in [0.1, 0.15) is 148 Å². The average Bonchev–Trinajstić information content (AvgIpc) is 1.57. The first-order valence-corrected chi connectivity index (χ1v) is 46.3. The van der Waals surface area contributed by atoms with E-state index in [1.54, 1.807) is 22.2 Å². The molecule has 0 radical (unpaired) electrons. The molecule has 10 aromatic rings. The van der Waals surface area contributed by atoms with Crippen LogP contribution in [0, 0.1) is 0 Å². The molecular formula is C90H97Br4Cl3N14O13. The van der Waals surface area contributed by atoms with Gasteiger partial charge in [-0.05, 0) is 228 Å². The van der Waals surface area contributed by atoms with Crippen molar-refractivity contribution < 1.29 is 62.2 Å². The monoisotopic (exact) mass is 2000 g/mol. The number of nitrogens with zero attached hydrogens (tertiary/aromatic N) is 14. The second-order valence-electron chi connectivity index (χ2n) is 33.1. The van der Waals surface area contributed by atoms with E-state index in [2.05, 4.69) is 165 Å². The van der Waals surface area contributed by atoms with Crippen LogP contribution in [0.4, 0.5) is 24.0 Å². The van der Waals surface area contributed by atoms with Gasteiger partial charge in [-0.15, -0.1) is 0 Å². The van der Waals surface area contributed by atoms with Crippen LogP contribution in [0.2, 0.25) is 0 Å². The SMILES string of the molecule is CC(C)(C)OC(=O)N1CCn2ccc3cc(Br)cc(c32)C1.COC(=O)C(=O)c1cn2c3c(cc(Br)cc13)CN(C(=O)N1CCCCC1)CC2.O=C(Cl)C(=O)Cl.O=C(Cl)N1CCCCC1.O=C(N1CCCCC1)N1CCn2ccc3cc(Br)cc(c32)C1.O=C1CC(=O)C(c2cnc3ccccn23)=C1c1cn2c3c(cc(Br)cc13)CN(C(=O)N1CCCCC1)CC2. The van der Waals surface area contributed by atoms with Crippen molar-refractivity contribution in [2.75, 3.05) is 85.6 Å². The van der Waals surface area contributed by atoms with Crippen molar-refractivity contribution in [1.82, 2.24) is 66.9 Å². The number of halogens is 7. The Labute approximate surface area is 766 Å². The highest BCUT2D eigenvalue weighted by Gasteiger charge is 2.38. The first-order valence-electron chi connectivity index (χ1n) is 42.0. The Morgan fingerprint density at radius 2 is 0.823 bits per heavy atom. The average molecular weight is 2010 g/mol. The van der Waals surface area contributed by atoms with Crippen LogP contribution in [0.25, 0.3) is 60.4 Å². The number of imidazole rings is 1. The van der Waals surface area contributed by atoms with Gasteiger partial charge >= 0.3 is 46.0 Å². The second-order valence-corrected chi connectivity index (χ2v) is 37.8. The van der Waals surface area contributed by atoms with E-state index in [0.717, 1.165) is 186 Å². The van der Waals surface area contributed by atoms with Gasteiger partial charge in [0.2, 0.25) is 0 Å². The van der Waals surface area contributed by atoms with Crippen molar-refractivity contribution in [2.45, 2.75) is 162 Å². The van der Waals surface area contributed by atoms with E-state index in [9.17, 15) is 52.7 Å². The number of fused-ring (bicyclic) bond motifs is 1. The molecule has 4 saturated heterocycles. The maximum Gasteiger partial charge on any atom is 0.410 e. The number of hydrogen-bond acceptors (Lipinski definition) is 14. The molecule has 4 aromatic carbocycles. The third-order valence-corrected chi connectivity index (χ3v) is 26.0. The third kappa shape index (κ3) is 20.8. The van der Waals surface area contributed by atoms with Crippen molar-refractivity contribution in [3.63, 3.8) is 0 Å². The Balaban J connectivity index is 0.000000130. The number of aromatic nitrogens is 6. The summed E-state index contributed by atoms with van der Waals surface area (Å²) in [5.41, 5.74) is 11.6. The Hall–Kier alpha value is -9.37. The highest BCUT2D eigenvalue weighted by Crippen LogP contribution is 2.43. The van der Waals surface area contributed by atoms with Gasteiger partial charge in [-0.3, -0.25) is 33.2 Å². The lowest BCUT2D eigenvalue weighted by Crippen LogP contribution is -2.45. The molecule has 14 heterocycles. The molecule has 9 aliphatic rings. The van der Waals surface area contributed by atoms with Crippen molar-refractivity contribution in [3.8, 4) is 0 Å². The van der Waals surface area contributed by atoms with Gasteiger partial charge in [-0.2, -0.15) is 0 Å². The molecule has 0 N–H and O–H groups in total. The predicted molar refractivity (Wildman–Crippen MR) is 490 cm³/mol. The number of piperidine rings is 4. The number of carbonyl (C=O) groups excluding carboxylic acids is 11. The summed E-state index contributed by atoms with van der Waals surface area (Å²) in [6, 6.07) is 26.7. The first-order chi connectivity index (χ1) is 59.5. The maximum atomic E-state index is 13.4. The first kappa shape index (κ1) is 90.9. The van der Waals surface area contributed by atoms with Gasteiger partial charge in [0.25, 0.3) is 5.78 Å². The number of Topliss-reactive ketones (excluding diaryl/α,β-unsaturated/α-hetero) is 3. The van der Waals surface area contributed by atoms with E-state index in [-0.39, 0.29) is 47.5 Å². The molecule has 0 atom stereocenters. The minimum atomic E-state index is -1.14. The molecule has 27 nitrogen and oxygen atoms in total. The molecule has 0 spiro atoms. The Morgan fingerprint density at radius 1 is 0.419 bits per heavy atom. The smallest absolute Gasteiger partial charge is 0.410 e. The zero-order valence-corrected chi connectivity index (χ0v) is 78.1. The maximum absolute atomic E-state index is 13.4. The molecule has 8 aliphatic heterocycles. The fourth-order valence-electron chi connectivity index (χ4n) is 17.8. The zero-order valence-electron chi connectivity index (χ0n) is 69.5. The molecule has 0 unspecified atom stereocenters. The van der Waals surface area contributed by atoms with Crippen molar-refractivity contribution >= 4 is 222 Å². The van der Waals surface area contributed by atoms with Gasteiger partial charge in [-0.25, -0.2) is 29.0 Å². The lowest BCUT2D eigenvalue weighted by atomic mass is 9.98. The van der Waals surface area contributed by atoms with E-state index >= 15 is 0 Å². The van der Waals surface area contributed by atoms with Crippen molar-refractivity contribution in [3.05, 3.63) is 173 Å². The predicted octanol–water partition coefficient (Wildman–Crippen LogP) is 18.4. The van der Waals surface area contributed by atoms with Crippen LogP contribution in [0.3, 0.4) is 0 Å². The summed E-state index contributed by atoms with van der Waals surface area (Å²) in [6.07, 6.45) is 24.6. The number of hydrogen-bond donors (Lipinski definition) is 0. The van der Waals surface area contributed by atoms with Gasteiger partial charge in [0.1, 0.15) is 11.2 Å². The van der Waals surface area contributed by atoms with Crippen LogP contribution < -0.4 is 0 Å². The number of urea groups is 3. The number of carbonyl (C=O) groups is 11. The van der Waals surface area contributed by atoms with Gasteiger partial charge in [-0.1, -0.05) is 69.8 Å². The number of benzene rings is 4. The van der Waals surface area contributed by atoms with Gasteiger partial charge in [0.15, 0.2) is 11.6 Å². The normalized spacial score (nSPS) is 17.1. The quantitative estimate of drug-likeness (QED) is 0.0387. The summed E-state index contributed by atoms with van der Waals surface area (Å²) >= 11 is 28.5. The minimum Gasteiger partial charge on any atom is -0.463 e. The van der Waals surface area contributed by atoms with Gasteiger partial charge in [0.05, 0.1) is 65.2 Å². The van der Waals surface area contributed by atoms with Gasteiger partial charge in [0, 0.05) is 206 Å². The van der Waals surface area contributed by atoms with Crippen LogP contribution in [-0.4, -0.2) is 221 Å². The van der Waals surface area contributed by atoms with Crippen LogP contribution in [0.15, 0.2) is 134 Å². The number of allylic oxidation sites excluding steroid dienone is 2. The molecule has 654 valence electrons.